The molecule has 1 aromatic heterocycles. The lowest BCUT2D eigenvalue weighted by Crippen LogP contribution is -2.62. The van der Waals surface area contributed by atoms with E-state index in [-0.39, 0.29) is 28.4 Å². The van der Waals surface area contributed by atoms with E-state index in [4.69, 9.17) is 0 Å². The molecular formula is C84H80BN3. The number of rotatable bonds is 7. The standard InChI is InChI=1S/C84H80BN3/c1-53-45-66(55-25-17-15-18-26-55)79(68(47-53)57-33-37-59(38-34-57)81(3,4)5)87-74-43-41-61(83(9,10)11)49-70(74)85-71-50-62(84(12,13)14)42-44-75(71)88(77-52-63(51-76(87)78(77)85)86-72-31-23-21-29-64(72)65-30-22-24-32-73(65)86)80-67(56-27-19-16-20-28-56)46-54(2)48-69(80)58-35-39-60(40-36-58)82(6,7)8/h15-52H,1-14H3. The van der Waals surface area contributed by atoms with Crippen molar-refractivity contribution >= 4 is 79.0 Å². The number of para-hydroxylation sites is 2. The van der Waals surface area contributed by atoms with E-state index < -0.39 is 0 Å². The maximum Gasteiger partial charge on any atom is 0.252 e. The normalized spacial score (nSPS) is 13.3. The van der Waals surface area contributed by atoms with Crippen LogP contribution in [-0.2, 0) is 21.7 Å². The SMILES string of the molecule is Cc1cc(-c2ccccc2)c(N2c3ccc(C(C)(C)C)cc3B3c4cc(C(C)(C)C)ccc4N(c4c(-c5ccccc5)cc(C)cc4-c4ccc(C(C)(C)C)cc4)c4cc(-n5c6ccccc6c6ccccc65)cc2c43)c(-c2ccc(C(C)(C)C)cc2)c1. The first-order valence-electron chi connectivity index (χ1n) is 31.7. The first-order chi connectivity index (χ1) is 42.0. The van der Waals surface area contributed by atoms with Gasteiger partial charge in [0.2, 0.25) is 0 Å². The molecule has 0 radical (unpaired) electrons. The van der Waals surface area contributed by atoms with Gasteiger partial charge in [0.15, 0.2) is 0 Å². The first kappa shape index (κ1) is 56.7. The highest BCUT2D eigenvalue weighted by Gasteiger charge is 2.46. The molecule has 88 heavy (non-hydrogen) atoms. The van der Waals surface area contributed by atoms with Crippen LogP contribution < -0.4 is 26.2 Å². The van der Waals surface area contributed by atoms with Crippen molar-refractivity contribution in [2.45, 2.75) is 119 Å². The van der Waals surface area contributed by atoms with Gasteiger partial charge in [-0.1, -0.05) is 253 Å². The van der Waals surface area contributed by atoms with E-state index in [1.165, 1.54) is 127 Å². The van der Waals surface area contributed by atoms with Crippen LogP contribution in [0.1, 0.15) is 116 Å². The van der Waals surface area contributed by atoms with Gasteiger partial charge in [0.25, 0.3) is 6.71 Å². The molecule has 0 fully saturated rings. The highest BCUT2D eigenvalue weighted by molar-refractivity contribution is 7.00. The Morgan fingerprint density at radius 1 is 0.295 bits per heavy atom. The summed E-state index contributed by atoms with van der Waals surface area (Å²) in [5, 5.41) is 2.46. The third-order valence-corrected chi connectivity index (χ3v) is 18.9. The van der Waals surface area contributed by atoms with Crippen molar-refractivity contribution in [2.75, 3.05) is 9.80 Å². The molecular weight excluding hydrogens is 1060 g/mol. The van der Waals surface area contributed by atoms with Gasteiger partial charge in [-0.3, -0.25) is 0 Å². The van der Waals surface area contributed by atoms with Crippen LogP contribution in [0.25, 0.3) is 72.0 Å². The van der Waals surface area contributed by atoms with Crippen molar-refractivity contribution in [1.82, 2.24) is 4.57 Å². The van der Waals surface area contributed by atoms with Crippen molar-refractivity contribution in [3.05, 3.63) is 264 Å². The monoisotopic (exact) mass is 1140 g/mol. The van der Waals surface area contributed by atoms with E-state index in [1.54, 1.807) is 0 Å². The van der Waals surface area contributed by atoms with Gasteiger partial charge < -0.3 is 14.4 Å². The maximum absolute atomic E-state index is 2.71. The fourth-order valence-electron chi connectivity index (χ4n) is 14.2. The van der Waals surface area contributed by atoms with Crippen molar-refractivity contribution in [2.24, 2.45) is 0 Å². The average Bonchev–Trinajstić information content (AvgIpc) is 0.859. The van der Waals surface area contributed by atoms with E-state index in [0.29, 0.717) is 0 Å². The van der Waals surface area contributed by atoms with Crippen molar-refractivity contribution in [1.29, 1.82) is 0 Å². The topological polar surface area (TPSA) is 11.4 Å². The molecule has 0 saturated carbocycles. The molecule has 0 amide bonds. The number of aromatic nitrogens is 1. The average molecular weight is 1140 g/mol. The summed E-state index contributed by atoms with van der Waals surface area (Å²) in [4.78, 5) is 5.42. The summed E-state index contributed by atoms with van der Waals surface area (Å²) >= 11 is 0. The van der Waals surface area contributed by atoms with Gasteiger partial charge in [0.05, 0.1) is 28.1 Å². The summed E-state index contributed by atoms with van der Waals surface area (Å²) in [6.07, 6.45) is 0. The largest absolute Gasteiger partial charge is 0.310 e. The Morgan fingerprint density at radius 2 is 0.614 bits per heavy atom. The molecule has 434 valence electrons. The molecule has 0 aliphatic carbocycles. The second-order valence-corrected chi connectivity index (χ2v) is 29.2. The van der Waals surface area contributed by atoms with Crippen LogP contribution >= 0.6 is 0 Å². The molecule has 3 heterocycles. The zero-order valence-corrected chi connectivity index (χ0v) is 53.9. The Labute approximate surface area is 523 Å². The van der Waals surface area contributed by atoms with E-state index in [1.807, 2.05) is 0 Å². The zero-order chi connectivity index (χ0) is 61.3. The quantitative estimate of drug-likeness (QED) is 0.147. The molecule has 0 saturated heterocycles. The van der Waals surface area contributed by atoms with E-state index in [2.05, 4.69) is 342 Å². The van der Waals surface area contributed by atoms with Crippen LogP contribution in [0.5, 0.6) is 0 Å². The molecule has 0 atom stereocenters. The van der Waals surface area contributed by atoms with Crippen LogP contribution in [0.2, 0.25) is 0 Å². The molecule has 0 unspecified atom stereocenters. The third-order valence-electron chi connectivity index (χ3n) is 18.9. The summed E-state index contributed by atoms with van der Waals surface area (Å²) in [7, 11) is 0. The van der Waals surface area contributed by atoms with Gasteiger partial charge in [-0.05, 0) is 168 Å². The molecule has 12 aromatic rings. The van der Waals surface area contributed by atoms with Crippen molar-refractivity contribution < 1.29 is 0 Å². The second-order valence-electron chi connectivity index (χ2n) is 29.2. The first-order valence-corrected chi connectivity index (χ1v) is 31.7. The minimum atomic E-state index is -0.153. The predicted octanol–water partition coefficient (Wildman–Crippen LogP) is 21.3. The predicted molar refractivity (Wildman–Crippen MR) is 381 cm³/mol. The fourth-order valence-corrected chi connectivity index (χ4v) is 14.2. The Morgan fingerprint density at radius 3 is 0.966 bits per heavy atom. The Kier molecular flexibility index (Phi) is 13.4. The van der Waals surface area contributed by atoms with Crippen molar-refractivity contribution in [3.63, 3.8) is 0 Å². The minimum Gasteiger partial charge on any atom is -0.310 e. The fraction of sp³-hybridized carbons (Fsp3) is 0.214. The smallest absolute Gasteiger partial charge is 0.252 e. The lowest BCUT2D eigenvalue weighted by Gasteiger charge is -2.46. The number of benzene rings is 11. The highest BCUT2D eigenvalue weighted by atomic mass is 15.2. The molecule has 11 aromatic carbocycles. The molecule has 0 spiro atoms. The molecule has 4 heteroatoms. The van der Waals surface area contributed by atoms with E-state index in [9.17, 15) is 0 Å². The number of fused-ring (bicyclic) bond motifs is 7. The number of nitrogens with zero attached hydrogens (tertiary/aromatic N) is 3. The van der Waals surface area contributed by atoms with E-state index >= 15 is 0 Å². The summed E-state index contributed by atoms with van der Waals surface area (Å²) in [6.45, 7) is 32.4. The van der Waals surface area contributed by atoms with Gasteiger partial charge in [0, 0.05) is 55.8 Å². The molecule has 2 aliphatic heterocycles. The summed E-state index contributed by atoms with van der Waals surface area (Å²) in [5.41, 5.74) is 31.2. The maximum atomic E-state index is 2.71. The Bertz CT molecular complexity index is 4410. The third kappa shape index (κ3) is 9.59. The van der Waals surface area contributed by atoms with Gasteiger partial charge in [-0.15, -0.1) is 0 Å². The Hall–Kier alpha value is -9.12. The number of hydrogen-bond donors (Lipinski definition) is 0. The van der Waals surface area contributed by atoms with Crippen LogP contribution in [0.15, 0.2) is 231 Å². The molecule has 3 nitrogen and oxygen atoms in total. The number of anilines is 6. The number of aryl methyl sites for hydroxylation is 2. The molecule has 2 aliphatic rings. The van der Waals surface area contributed by atoms with Gasteiger partial charge in [-0.2, -0.15) is 0 Å². The van der Waals surface area contributed by atoms with Gasteiger partial charge >= 0.3 is 0 Å². The van der Waals surface area contributed by atoms with E-state index in [0.717, 1.165) is 28.4 Å². The lowest BCUT2D eigenvalue weighted by molar-refractivity contribution is 0.590. The van der Waals surface area contributed by atoms with Crippen molar-refractivity contribution in [3.8, 4) is 50.2 Å². The molecule has 14 rings (SSSR count). The molecule has 0 N–H and O–H groups in total. The number of hydrogen-bond acceptors (Lipinski definition) is 2. The summed E-state index contributed by atoms with van der Waals surface area (Å²) < 4.78 is 2.54. The van der Waals surface area contributed by atoms with Gasteiger partial charge in [0.1, 0.15) is 0 Å². The minimum absolute atomic E-state index is 0.0103. The van der Waals surface area contributed by atoms with Crippen LogP contribution in [0, 0.1) is 13.8 Å². The summed E-state index contributed by atoms with van der Waals surface area (Å²) in [5.74, 6) is 0. The van der Waals surface area contributed by atoms with Gasteiger partial charge in [-0.25, -0.2) is 0 Å². The van der Waals surface area contributed by atoms with Crippen LogP contribution in [0.4, 0.5) is 34.1 Å². The van der Waals surface area contributed by atoms with Crippen LogP contribution in [-0.4, -0.2) is 11.3 Å². The molecule has 0 bridgehead atoms. The second kappa shape index (κ2) is 20.8. The zero-order valence-electron chi connectivity index (χ0n) is 53.9. The highest BCUT2D eigenvalue weighted by Crippen LogP contribution is 2.54. The Balaban J connectivity index is 1.20. The van der Waals surface area contributed by atoms with Crippen LogP contribution in [0.3, 0.4) is 0 Å². The lowest BCUT2D eigenvalue weighted by atomic mass is 9.33. The summed E-state index contributed by atoms with van der Waals surface area (Å²) in [6, 6.07) is 89.0.